The summed E-state index contributed by atoms with van der Waals surface area (Å²) in [5.41, 5.74) is 1.05. The number of esters is 1. The molecule has 0 fully saturated rings. The number of pyridine rings is 1. The summed E-state index contributed by atoms with van der Waals surface area (Å²) in [6, 6.07) is 3.77. The number of carbonyl (C=O) groups excluding carboxylic acids is 2. The van der Waals surface area contributed by atoms with Crippen LogP contribution in [-0.4, -0.2) is 28.7 Å². The normalized spacial score (nSPS) is 17.4. The molecule has 0 saturated carbocycles. The Bertz CT molecular complexity index is 607. The molecule has 126 valence electrons. The molecule has 1 amide bonds. The van der Waals surface area contributed by atoms with E-state index < -0.39 is 11.7 Å². The Morgan fingerprint density at radius 2 is 2.04 bits per heavy atom. The maximum atomic E-state index is 12.5. The van der Waals surface area contributed by atoms with Gasteiger partial charge in [0.05, 0.1) is 5.69 Å². The maximum absolute atomic E-state index is 12.5. The van der Waals surface area contributed by atoms with Crippen LogP contribution in [0.3, 0.4) is 0 Å². The minimum absolute atomic E-state index is 0.00817. The number of aromatic nitrogens is 1. The zero-order valence-corrected chi connectivity index (χ0v) is 14.4. The number of amides is 1. The highest BCUT2D eigenvalue weighted by atomic mass is 16.6. The van der Waals surface area contributed by atoms with Crippen molar-refractivity contribution in [2.24, 2.45) is 0 Å². The van der Waals surface area contributed by atoms with Crippen LogP contribution >= 0.6 is 0 Å². The summed E-state index contributed by atoms with van der Waals surface area (Å²) < 4.78 is 10.5. The van der Waals surface area contributed by atoms with Crippen LogP contribution in [-0.2, 0) is 27.3 Å². The van der Waals surface area contributed by atoms with Crippen LogP contribution < -0.4 is 4.90 Å². The quantitative estimate of drug-likeness (QED) is 0.783. The first-order valence-electron chi connectivity index (χ1n) is 7.82. The van der Waals surface area contributed by atoms with Gasteiger partial charge in [-0.25, -0.2) is 9.78 Å². The average molecular weight is 320 g/mol. The van der Waals surface area contributed by atoms with Gasteiger partial charge in [0.25, 0.3) is 0 Å². The van der Waals surface area contributed by atoms with Gasteiger partial charge in [0, 0.05) is 13.0 Å². The smallest absolute Gasteiger partial charge is 0.416 e. The van der Waals surface area contributed by atoms with Crippen LogP contribution in [0.15, 0.2) is 12.1 Å². The first-order chi connectivity index (χ1) is 10.7. The molecule has 2 rings (SSSR count). The van der Waals surface area contributed by atoms with E-state index in [1.165, 1.54) is 6.92 Å². The first-order valence-corrected chi connectivity index (χ1v) is 7.82. The molecule has 0 N–H and O–H groups in total. The van der Waals surface area contributed by atoms with Gasteiger partial charge in [-0.15, -0.1) is 0 Å². The van der Waals surface area contributed by atoms with Crippen molar-refractivity contribution in [2.45, 2.75) is 65.7 Å². The van der Waals surface area contributed by atoms with Crippen molar-refractivity contribution in [3.05, 3.63) is 23.4 Å². The van der Waals surface area contributed by atoms with Crippen molar-refractivity contribution in [1.29, 1.82) is 0 Å². The second-order valence-electron chi connectivity index (χ2n) is 6.80. The average Bonchev–Trinajstić information content (AvgIpc) is 2.42. The van der Waals surface area contributed by atoms with Crippen molar-refractivity contribution in [1.82, 2.24) is 4.98 Å². The van der Waals surface area contributed by atoms with E-state index >= 15 is 0 Å². The Labute approximate surface area is 136 Å². The number of hydrogen-bond acceptors (Lipinski definition) is 5. The van der Waals surface area contributed by atoms with E-state index in [2.05, 4.69) is 4.98 Å². The Morgan fingerprint density at radius 1 is 1.35 bits per heavy atom. The van der Waals surface area contributed by atoms with Crippen molar-refractivity contribution in [2.75, 3.05) is 4.90 Å². The molecule has 0 aliphatic carbocycles. The van der Waals surface area contributed by atoms with E-state index in [0.717, 1.165) is 18.4 Å². The van der Waals surface area contributed by atoms with E-state index in [4.69, 9.17) is 9.47 Å². The molecule has 23 heavy (non-hydrogen) atoms. The summed E-state index contributed by atoms with van der Waals surface area (Å²) >= 11 is 0. The molecule has 1 aliphatic rings. The molecule has 1 unspecified atom stereocenters. The Kier molecular flexibility index (Phi) is 4.92. The van der Waals surface area contributed by atoms with Crippen molar-refractivity contribution in [3.63, 3.8) is 0 Å². The van der Waals surface area contributed by atoms with Crippen LogP contribution in [0, 0.1) is 0 Å². The lowest BCUT2D eigenvalue weighted by atomic mass is 10.00. The van der Waals surface area contributed by atoms with Crippen LogP contribution in [0.4, 0.5) is 10.6 Å². The van der Waals surface area contributed by atoms with Gasteiger partial charge in [0.15, 0.2) is 0 Å². The number of nitrogens with zero attached hydrogens (tertiary/aromatic N) is 2. The second kappa shape index (κ2) is 6.56. The van der Waals surface area contributed by atoms with Gasteiger partial charge >= 0.3 is 12.1 Å². The van der Waals surface area contributed by atoms with Crippen molar-refractivity contribution in [3.8, 4) is 0 Å². The molecule has 1 aromatic rings. The van der Waals surface area contributed by atoms with Crippen LogP contribution in [0.5, 0.6) is 0 Å². The summed E-state index contributed by atoms with van der Waals surface area (Å²) in [5, 5.41) is 0. The zero-order valence-electron chi connectivity index (χ0n) is 14.4. The molecule has 1 atom stereocenters. The Morgan fingerprint density at radius 3 is 2.65 bits per heavy atom. The lowest BCUT2D eigenvalue weighted by Crippen LogP contribution is -2.45. The van der Waals surface area contributed by atoms with E-state index in [1.807, 2.05) is 39.8 Å². The van der Waals surface area contributed by atoms with Gasteiger partial charge in [-0.1, -0.05) is 6.07 Å². The summed E-state index contributed by atoms with van der Waals surface area (Å²) in [6.07, 6.45) is 1.32. The number of ether oxygens (including phenoxy) is 2. The molecular weight excluding hydrogens is 296 g/mol. The van der Waals surface area contributed by atoms with Gasteiger partial charge in [-0.2, -0.15) is 0 Å². The third-order valence-corrected chi connectivity index (χ3v) is 3.53. The predicted molar refractivity (Wildman–Crippen MR) is 86.2 cm³/mol. The molecule has 6 nitrogen and oxygen atoms in total. The van der Waals surface area contributed by atoms with Crippen LogP contribution in [0.1, 0.15) is 52.3 Å². The molecule has 1 aliphatic heterocycles. The molecule has 0 saturated heterocycles. The predicted octanol–water partition coefficient (Wildman–Crippen LogP) is 3.22. The second-order valence-corrected chi connectivity index (χ2v) is 6.80. The summed E-state index contributed by atoms with van der Waals surface area (Å²) in [6.45, 7) is 8.95. The van der Waals surface area contributed by atoms with E-state index in [1.54, 1.807) is 4.90 Å². The molecule has 0 aromatic carbocycles. The number of anilines is 1. The number of rotatable bonds is 2. The molecule has 6 heteroatoms. The minimum atomic E-state index is -0.566. The summed E-state index contributed by atoms with van der Waals surface area (Å²) in [4.78, 5) is 29.6. The summed E-state index contributed by atoms with van der Waals surface area (Å²) in [7, 11) is 0. The largest absolute Gasteiger partial charge is 0.459 e. The third kappa shape index (κ3) is 4.43. The number of carbonyl (C=O) groups is 2. The fourth-order valence-electron chi connectivity index (χ4n) is 2.46. The number of fused-ring (bicyclic) bond motifs is 1. The van der Waals surface area contributed by atoms with Gasteiger partial charge in [-0.05, 0) is 52.2 Å². The molecule has 1 aromatic heterocycles. The van der Waals surface area contributed by atoms with E-state index in [-0.39, 0.29) is 18.6 Å². The molecule has 0 radical (unpaired) electrons. The highest BCUT2D eigenvalue weighted by Gasteiger charge is 2.33. The van der Waals surface area contributed by atoms with Gasteiger partial charge in [0.1, 0.15) is 18.0 Å². The van der Waals surface area contributed by atoms with E-state index in [9.17, 15) is 9.59 Å². The minimum Gasteiger partial charge on any atom is -0.459 e. The lowest BCUT2D eigenvalue weighted by Gasteiger charge is -2.35. The maximum Gasteiger partial charge on any atom is 0.416 e. The highest BCUT2D eigenvalue weighted by Crippen LogP contribution is 2.30. The zero-order chi connectivity index (χ0) is 17.2. The molecular formula is C17H24N2O4. The van der Waals surface area contributed by atoms with Crippen molar-refractivity contribution < 1.29 is 19.1 Å². The topological polar surface area (TPSA) is 68.7 Å². The number of aryl methyl sites for hydroxylation is 1. The fourth-order valence-corrected chi connectivity index (χ4v) is 2.46. The van der Waals surface area contributed by atoms with Gasteiger partial charge in [-0.3, -0.25) is 9.69 Å². The van der Waals surface area contributed by atoms with Gasteiger partial charge < -0.3 is 9.47 Å². The highest BCUT2D eigenvalue weighted by molar-refractivity contribution is 5.88. The summed E-state index contributed by atoms with van der Waals surface area (Å²) in [5.74, 6) is 0.240. The lowest BCUT2D eigenvalue weighted by molar-refractivity contribution is -0.142. The molecule has 0 bridgehead atoms. The van der Waals surface area contributed by atoms with E-state index in [0.29, 0.717) is 11.5 Å². The fraction of sp³-hybridized carbons (Fsp3) is 0.588. The number of hydrogen-bond donors (Lipinski definition) is 0. The standard InChI is InChI=1S/C17H24N2O4/c1-11-6-7-13-8-9-14(10-22-12(2)20)18-15(13)19(11)16(21)23-17(3,4)5/h8-9,11H,6-7,10H2,1-5H3. The molecule has 2 heterocycles. The first kappa shape index (κ1) is 17.2. The Balaban J connectivity index is 2.29. The molecule has 0 spiro atoms. The van der Waals surface area contributed by atoms with Crippen molar-refractivity contribution >= 4 is 17.9 Å². The van der Waals surface area contributed by atoms with Crippen LogP contribution in [0.2, 0.25) is 0 Å². The monoisotopic (exact) mass is 320 g/mol. The third-order valence-electron chi connectivity index (χ3n) is 3.53. The van der Waals surface area contributed by atoms with Gasteiger partial charge in [0.2, 0.25) is 0 Å². The van der Waals surface area contributed by atoms with Crippen LogP contribution in [0.25, 0.3) is 0 Å². The Hall–Kier alpha value is -2.11. The SMILES string of the molecule is CC(=O)OCc1ccc2c(n1)N(C(=O)OC(C)(C)C)C(C)CC2.